The molecule has 1 aromatic carbocycles. The van der Waals surface area contributed by atoms with E-state index in [0.717, 1.165) is 16.5 Å². The van der Waals surface area contributed by atoms with Crippen LogP contribution in [0.1, 0.15) is 33.7 Å². The number of benzene rings is 1. The lowest BCUT2D eigenvalue weighted by molar-refractivity contribution is -0.0856. The van der Waals surface area contributed by atoms with E-state index in [9.17, 15) is 18.7 Å². The summed E-state index contributed by atoms with van der Waals surface area (Å²) < 4.78 is 31.6. The molecule has 124 valence electrons. The van der Waals surface area contributed by atoms with E-state index in [-0.39, 0.29) is 25.3 Å². The molecule has 0 aliphatic carbocycles. The number of carbonyl (C=O) groups excluding carboxylic acids is 1. The Bertz CT molecular complexity index is 784. The molecule has 1 aromatic heterocycles. The standard InChI is InChI=1S/C17H19F2NO3/c1-9-4-5-10(2)13-12(9)11(3)14(23-13)15(21)20-7-6-17(22,8-20)16(18)19/h4-5,16,22H,6-8H2,1-3H3/t17-/m0/s1. The summed E-state index contributed by atoms with van der Waals surface area (Å²) in [6.07, 6.45) is -3.00. The van der Waals surface area contributed by atoms with E-state index >= 15 is 0 Å². The van der Waals surface area contributed by atoms with Crippen LogP contribution in [-0.2, 0) is 0 Å². The van der Waals surface area contributed by atoms with E-state index in [2.05, 4.69) is 0 Å². The number of nitrogens with zero attached hydrogens (tertiary/aromatic N) is 1. The van der Waals surface area contributed by atoms with Gasteiger partial charge in [0.05, 0.1) is 6.54 Å². The quantitative estimate of drug-likeness (QED) is 0.923. The molecule has 1 fully saturated rings. The van der Waals surface area contributed by atoms with E-state index < -0.39 is 17.9 Å². The second kappa shape index (κ2) is 5.30. The van der Waals surface area contributed by atoms with Crippen molar-refractivity contribution in [2.75, 3.05) is 13.1 Å². The van der Waals surface area contributed by atoms with Crippen molar-refractivity contribution in [3.63, 3.8) is 0 Å². The second-order valence-corrected chi connectivity index (χ2v) is 6.34. The van der Waals surface area contributed by atoms with Gasteiger partial charge in [-0.25, -0.2) is 8.78 Å². The molecule has 1 aliphatic rings. The van der Waals surface area contributed by atoms with Crippen LogP contribution in [-0.4, -0.2) is 41.0 Å². The van der Waals surface area contributed by atoms with Gasteiger partial charge < -0.3 is 14.4 Å². The fourth-order valence-electron chi connectivity index (χ4n) is 3.19. The molecule has 23 heavy (non-hydrogen) atoms. The Morgan fingerprint density at radius 2 is 1.96 bits per heavy atom. The van der Waals surface area contributed by atoms with Crippen LogP contribution in [0.25, 0.3) is 11.0 Å². The number of alkyl halides is 2. The molecular weight excluding hydrogens is 304 g/mol. The Hall–Kier alpha value is -1.95. The lowest BCUT2D eigenvalue weighted by Gasteiger charge is -2.21. The van der Waals surface area contributed by atoms with Gasteiger partial charge in [-0.15, -0.1) is 0 Å². The minimum atomic E-state index is -2.87. The first-order chi connectivity index (χ1) is 10.7. The molecule has 1 atom stereocenters. The summed E-state index contributed by atoms with van der Waals surface area (Å²) in [6, 6.07) is 3.88. The molecular formula is C17H19F2NO3. The second-order valence-electron chi connectivity index (χ2n) is 6.34. The molecule has 2 heterocycles. The summed E-state index contributed by atoms with van der Waals surface area (Å²) in [4.78, 5) is 13.9. The van der Waals surface area contributed by atoms with E-state index in [1.165, 1.54) is 4.90 Å². The number of amides is 1. The SMILES string of the molecule is Cc1ccc(C)c2c(C)c(C(=O)N3CC[C@@](O)(C(F)F)C3)oc12. The third kappa shape index (κ3) is 2.41. The Balaban J connectivity index is 1.98. The molecule has 1 aliphatic heterocycles. The number of furan rings is 1. The van der Waals surface area contributed by atoms with Crippen LogP contribution in [0.4, 0.5) is 8.78 Å². The largest absolute Gasteiger partial charge is 0.450 e. The highest BCUT2D eigenvalue weighted by Gasteiger charge is 2.46. The molecule has 0 saturated carbocycles. The van der Waals surface area contributed by atoms with Crippen molar-refractivity contribution in [1.82, 2.24) is 4.90 Å². The van der Waals surface area contributed by atoms with E-state index in [1.54, 1.807) is 6.92 Å². The first-order valence-electron chi connectivity index (χ1n) is 7.53. The average molecular weight is 323 g/mol. The van der Waals surface area contributed by atoms with Crippen molar-refractivity contribution in [2.45, 2.75) is 39.2 Å². The predicted octanol–water partition coefficient (Wildman–Crippen LogP) is 3.20. The van der Waals surface area contributed by atoms with Gasteiger partial charge in [-0.2, -0.15) is 0 Å². The van der Waals surface area contributed by atoms with Crippen molar-refractivity contribution in [2.24, 2.45) is 0 Å². The number of aryl methyl sites for hydroxylation is 3. The molecule has 4 nitrogen and oxygen atoms in total. The molecule has 3 rings (SSSR count). The molecule has 0 unspecified atom stereocenters. The van der Waals surface area contributed by atoms with Gasteiger partial charge in [-0.3, -0.25) is 4.79 Å². The van der Waals surface area contributed by atoms with Crippen molar-refractivity contribution in [3.8, 4) is 0 Å². The van der Waals surface area contributed by atoms with E-state index in [1.807, 2.05) is 26.0 Å². The summed E-state index contributed by atoms with van der Waals surface area (Å²) in [5.41, 5.74) is 1.14. The lowest BCUT2D eigenvalue weighted by Crippen LogP contribution is -2.41. The van der Waals surface area contributed by atoms with Gasteiger partial charge in [0.25, 0.3) is 12.3 Å². The zero-order valence-electron chi connectivity index (χ0n) is 13.3. The van der Waals surface area contributed by atoms with Crippen LogP contribution in [0.5, 0.6) is 0 Å². The molecule has 0 spiro atoms. The molecule has 1 N–H and O–H groups in total. The number of hydrogen-bond acceptors (Lipinski definition) is 3. The maximum Gasteiger partial charge on any atom is 0.289 e. The first-order valence-corrected chi connectivity index (χ1v) is 7.53. The van der Waals surface area contributed by atoms with Gasteiger partial charge in [0.2, 0.25) is 0 Å². The van der Waals surface area contributed by atoms with Crippen molar-refractivity contribution in [1.29, 1.82) is 0 Å². The topological polar surface area (TPSA) is 53.7 Å². The van der Waals surface area contributed by atoms with Crippen LogP contribution >= 0.6 is 0 Å². The molecule has 6 heteroatoms. The van der Waals surface area contributed by atoms with Crippen molar-refractivity contribution in [3.05, 3.63) is 34.6 Å². The number of fused-ring (bicyclic) bond motifs is 1. The number of carbonyl (C=O) groups is 1. The fourth-order valence-corrected chi connectivity index (χ4v) is 3.19. The van der Waals surface area contributed by atoms with Gasteiger partial charge in [0.1, 0.15) is 11.2 Å². The van der Waals surface area contributed by atoms with Gasteiger partial charge >= 0.3 is 0 Å². The zero-order valence-corrected chi connectivity index (χ0v) is 13.3. The predicted molar refractivity (Wildman–Crippen MR) is 81.9 cm³/mol. The Morgan fingerprint density at radius 1 is 1.30 bits per heavy atom. The summed E-state index contributed by atoms with van der Waals surface area (Å²) in [5, 5.41) is 10.7. The molecule has 2 aromatic rings. The van der Waals surface area contributed by atoms with Gasteiger partial charge in [0, 0.05) is 23.9 Å². The van der Waals surface area contributed by atoms with Crippen LogP contribution in [0.2, 0.25) is 0 Å². The molecule has 1 amide bonds. The monoisotopic (exact) mass is 323 g/mol. The third-order valence-electron chi connectivity index (χ3n) is 4.65. The Kier molecular flexibility index (Phi) is 3.67. The number of halogens is 2. The highest BCUT2D eigenvalue weighted by atomic mass is 19.3. The van der Waals surface area contributed by atoms with Crippen LogP contribution in [0.3, 0.4) is 0 Å². The third-order valence-corrected chi connectivity index (χ3v) is 4.65. The first kappa shape index (κ1) is 15.9. The maximum absolute atomic E-state index is 12.9. The normalized spacial score (nSPS) is 21.6. The van der Waals surface area contributed by atoms with Crippen LogP contribution in [0.15, 0.2) is 16.5 Å². The lowest BCUT2D eigenvalue weighted by atomic mass is 10.0. The number of β-amino-alcohol motifs (C(OH)–C–C–N with tert-alkyl or cyclic N) is 1. The summed E-state index contributed by atoms with van der Waals surface area (Å²) in [6.45, 7) is 5.33. The van der Waals surface area contributed by atoms with E-state index in [4.69, 9.17) is 4.42 Å². The smallest absolute Gasteiger partial charge is 0.289 e. The molecule has 0 radical (unpaired) electrons. The average Bonchev–Trinajstić information content (AvgIpc) is 3.06. The number of likely N-dealkylation sites (tertiary alicyclic amines) is 1. The maximum atomic E-state index is 12.9. The Labute approximate surface area is 132 Å². The highest BCUT2D eigenvalue weighted by Crippen LogP contribution is 2.33. The fraction of sp³-hybridized carbons (Fsp3) is 0.471. The minimum absolute atomic E-state index is 0.0914. The van der Waals surface area contributed by atoms with Gasteiger partial charge in [0.15, 0.2) is 5.76 Å². The van der Waals surface area contributed by atoms with Gasteiger partial charge in [-0.05, 0) is 31.9 Å². The number of aliphatic hydroxyl groups is 1. The van der Waals surface area contributed by atoms with E-state index in [0.29, 0.717) is 11.1 Å². The summed E-state index contributed by atoms with van der Waals surface area (Å²) in [5.74, 6) is -0.287. The molecule has 1 saturated heterocycles. The summed E-state index contributed by atoms with van der Waals surface area (Å²) in [7, 11) is 0. The minimum Gasteiger partial charge on any atom is -0.450 e. The highest BCUT2D eigenvalue weighted by molar-refractivity contribution is 6.00. The van der Waals surface area contributed by atoms with Crippen LogP contribution < -0.4 is 0 Å². The van der Waals surface area contributed by atoms with Gasteiger partial charge in [-0.1, -0.05) is 12.1 Å². The number of hydrogen-bond donors (Lipinski definition) is 1. The van der Waals surface area contributed by atoms with Crippen molar-refractivity contribution >= 4 is 16.9 Å². The van der Waals surface area contributed by atoms with Crippen molar-refractivity contribution < 1.29 is 23.1 Å². The van der Waals surface area contributed by atoms with Crippen LogP contribution in [0, 0.1) is 20.8 Å². The Morgan fingerprint density at radius 3 is 2.52 bits per heavy atom. The number of rotatable bonds is 2. The molecule has 0 bridgehead atoms. The summed E-state index contributed by atoms with van der Waals surface area (Å²) >= 11 is 0. The zero-order chi connectivity index (χ0) is 16.9.